The quantitative estimate of drug-likeness (QED) is 0.564. The predicted molar refractivity (Wildman–Crippen MR) is 38.2 cm³/mol. The SMILES string of the molecule is C[NH+]([O-])Cc1ccccn1. The lowest BCUT2D eigenvalue weighted by atomic mass is 10.3. The maximum absolute atomic E-state index is 10.6. The fraction of sp³-hybridized carbons (Fsp3) is 0.286. The molecule has 3 nitrogen and oxygen atoms in total. The van der Waals surface area contributed by atoms with E-state index < -0.39 is 0 Å². The smallest absolute Gasteiger partial charge is 0.120 e. The zero-order valence-electron chi connectivity index (χ0n) is 5.87. The van der Waals surface area contributed by atoms with Crippen LogP contribution in [0.1, 0.15) is 5.69 Å². The Labute approximate surface area is 59.9 Å². The van der Waals surface area contributed by atoms with E-state index in [4.69, 9.17) is 0 Å². The van der Waals surface area contributed by atoms with Crippen LogP contribution in [0.25, 0.3) is 0 Å². The fourth-order valence-electron chi connectivity index (χ4n) is 0.758. The van der Waals surface area contributed by atoms with E-state index >= 15 is 0 Å². The van der Waals surface area contributed by atoms with Crippen LogP contribution in [-0.2, 0) is 6.54 Å². The third-order valence-corrected chi connectivity index (χ3v) is 1.16. The van der Waals surface area contributed by atoms with E-state index in [9.17, 15) is 5.21 Å². The predicted octanol–water partition coefficient (Wildman–Crippen LogP) is -0.406. The van der Waals surface area contributed by atoms with Gasteiger partial charge in [-0.1, -0.05) is 6.07 Å². The number of nitrogens with zero attached hydrogens (tertiary/aromatic N) is 1. The van der Waals surface area contributed by atoms with E-state index in [1.54, 1.807) is 13.2 Å². The molecule has 0 amide bonds. The highest BCUT2D eigenvalue weighted by atomic mass is 16.5. The topological polar surface area (TPSA) is 40.4 Å². The second-order valence-corrected chi connectivity index (χ2v) is 2.20. The minimum Gasteiger partial charge on any atom is -0.634 e. The maximum Gasteiger partial charge on any atom is 0.120 e. The van der Waals surface area contributed by atoms with Crippen LogP contribution < -0.4 is 5.06 Å². The molecule has 0 aliphatic heterocycles. The first-order chi connectivity index (χ1) is 4.79. The highest BCUT2D eigenvalue weighted by Gasteiger charge is 1.92. The standard InChI is InChI=1S/C7H10N2O/c1-9(10)6-7-4-2-3-5-8-7/h2-5,9H,6H2,1H3. The summed E-state index contributed by atoms with van der Waals surface area (Å²) in [7, 11) is 1.56. The van der Waals surface area contributed by atoms with Gasteiger partial charge in [-0.3, -0.25) is 4.98 Å². The maximum atomic E-state index is 10.6. The number of hydrogen-bond acceptors (Lipinski definition) is 2. The average molecular weight is 138 g/mol. The molecule has 0 bridgehead atoms. The molecule has 1 unspecified atom stereocenters. The molecule has 0 fully saturated rings. The van der Waals surface area contributed by atoms with Crippen LogP contribution in [0.5, 0.6) is 0 Å². The Morgan fingerprint density at radius 3 is 2.90 bits per heavy atom. The Bertz CT molecular complexity index is 186. The molecule has 0 aliphatic rings. The van der Waals surface area contributed by atoms with Gasteiger partial charge in [-0.05, 0) is 12.1 Å². The van der Waals surface area contributed by atoms with Crippen molar-refractivity contribution in [3.63, 3.8) is 0 Å². The first kappa shape index (κ1) is 7.18. The van der Waals surface area contributed by atoms with Gasteiger partial charge in [0.05, 0.1) is 12.7 Å². The molecule has 1 rings (SSSR count). The summed E-state index contributed by atoms with van der Waals surface area (Å²) in [6.45, 7) is 0.445. The Balaban J connectivity index is 2.59. The number of rotatable bonds is 2. The molecule has 1 heterocycles. The molecule has 1 aromatic rings. The molecule has 0 spiro atoms. The molecule has 1 N–H and O–H groups in total. The van der Waals surface area contributed by atoms with E-state index in [-0.39, 0.29) is 5.06 Å². The number of hydroxylamine groups is 2. The molecular weight excluding hydrogens is 128 g/mol. The van der Waals surface area contributed by atoms with Crippen molar-refractivity contribution in [2.75, 3.05) is 7.05 Å². The first-order valence-electron chi connectivity index (χ1n) is 3.18. The molecule has 3 heteroatoms. The van der Waals surface area contributed by atoms with Gasteiger partial charge in [0.1, 0.15) is 6.54 Å². The van der Waals surface area contributed by atoms with Crippen molar-refractivity contribution in [3.8, 4) is 0 Å². The first-order valence-corrected chi connectivity index (χ1v) is 3.18. The molecular formula is C7H10N2O. The Morgan fingerprint density at radius 2 is 2.40 bits per heavy atom. The number of aromatic nitrogens is 1. The molecule has 1 atom stereocenters. The van der Waals surface area contributed by atoms with E-state index in [1.165, 1.54) is 0 Å². The van der Waals surface area contributed by atoms with Crippen LogP contribution in [0, 0.1) is 5.21 Å². The highest BCUT2D eigenvalue weighted by molar-refractivity contribution is 5.01. The monoisotopic (exact) mass is 138 g/mol. The van der Waals surface area contributed by atoms with Crippen LogP contribution in [0.4, 0.5) is 0 Å². The lowest BCUT2D eigenvalue weighted by Gasteiger charge is -2.14. The number of quaternary nitrogens is 1. The van der Waals surface area contributed by atoms with Gasteiger partial charge in [0, 0.05) is 6.20 Å². The van der Waals surface area contributed by atoms with E-state index in [0.29, 0.717) is 6.54 Å². The van der Waals surface area contributed by atoms with E-state index in [2.05, 4.69) is 4.98 Å². The van der Waals surface area contributed by atoms with Crippen molar-refractivity contribution in [2.24, 2.45) is 0 Å². The number of nitrogens with one attached hydrogen (secondary N) is 1. The van der Waals surface area contributed by atoms with Gasteiger partial charge in [-0.2, -0.15) is 0 Å². The molecule has 0 radical (unpaired) electrons. The number of hydrogen-bond donors (Lipinski definition) is 1. The summed E-state index contributed by atoms with van der Waals surface area (Å²) in [5, 5.41) is 10.7. The lowest BCUT2D eigenvalue weighted by molar-refractivity contribution is -0.841. The van der Waals surface area contributed by atoms with E-state index in [1.807, 2.05) is 18.2 Å². The molecule has 0 saturated heterocycles. The normalized spacial score (nSPS) is 13.0. The second-order valence-electron chi connectivity index (χ2n) is 2.20. The molecule has 1 aromatic heterocycles. The van der Waals surface area contributed by atoms with Crippen molar-refractivity contribution < 1.29 is 5.06 Å². The van der Waals surface area contributed by atoms with Crippen molar-refractivity contribution in [1.29, 1.82) is 0 Å². The average Bonchev–Trinajstić information content (AvgIpc) is 1.88. The molecule has 10 heavy (non-hydrogen) atoms. The third kappa shape index (κ3) is 2.13. The molecule has 0 saturated carbocycles. The summed E-state index contributed by atoms with van der Waals surface area (Å²) in [6, 6.07) is 5.57. The van der Waals surface area contributed by atoms with Gasteiger partial charge in [0.15, 0.2) is 0 Å². The van der Waals surface area contributed by atoms with Gasteiger partial charge in [-0.15, -0.1) is 0 Å². The Kier molecular flexibility index (Phi) is 2.36. The third-order valence-electron chi connectivity index (χ3n) is 1.16. The second kappa shape index (κ2) is 3.29. The molecule has 0 aliphatic carbocycles. The zero-order chi connectivity index (χ0) is 7.40. The van der Waals surface area contributed by atoms with E-state index in [0.717, 1.165) is 5.69 Å². The summed E-state index contributed by atoms with van der Waals surface area (Å²) in [5.41, 5.74) is 0.843. The summed E-state index contributed by atoms with van der Waals surface area (Å²) >= 11 is 0. The van der Waals surface area contributed by atoms with Crippen LogP contribution >= 0.6 is 0 Å². The van der Waals surface area contributed by atoms with Gasteiger partial charge in [0.25, 0.3) is 0 Å². The molecule has 54 valence electrons. The van der Waals surface area contributed by atoms with Crippen molar-refractivity contribution in [2.45, 2.75) is 6.54 Å². The minimum absolute atomic E-state index is 0.152. The van der Waals surface area contributed by atoms with Gasteiger partial charge < -0.3 is 10.3 Å². The molecule has 0 aromatic carbocycles. The van der Waals surface area contributed by atoms with Crippen molar-refractivity contribution in [3.05, 3.63) is 35.3 Å². The van der Waals surface area contributed by atoms with Crippen LogP contribution in [0.15, 0.2) is 24.4 Å². The summed E-state index contributed by atoms with van der Waals surface area (Å²) in [4.78, 5) is 4.00. The van der Waals surface area contributed by atoms with Crippen molar-refractivity contribution >= 4 is 0 Å². The van der Waals surface area contributed by atoms with Crippen molar-refractivity contribution in [1.82, 2.24) is 4.98 Å². The van der Waals surface area contributed by atoms with Crippen LogP contribution in [0.3, 0.4) is 0 Å². The van der Waals surface area contributed by atoms with Gasteiger partial charge in [-0.25, -0.2) is 0 Å². The summed E-state index contributed by atoms with van der Waals surface area (Å²) in [5.74, 6) is 0. The minimum atomic E-state index is 0.152. The number of pyridine rings is 1. The Hall–Kier alpha value is -0.930. The Morgan fingerprint density at radius 1 is 1.60 bits per heavy atom. The van der Waals surface area contributed by atoms with Crippen LogP contribution in [0.2, 0.25) is 0 Å². The fourth-order valence-corrected chi connectivity index (χ4v) is 0.758. The van der Waals surface area contributed by atoms with Crippen LogP contribution in [-0.4, -0.2) is 12.0 Å². The largest absolute Gasteiger partial charge is 0.634 e. The lowest BCUT2D eigenvalue weighted by Crippen LogP contribution is -3.02. The zero-order valence-corrected chi connectivity index (χ0v) is 5.87. The summed E-state index contributed by atoms with van der Waals surface area (Å²) in [6.07, 6.45) is 1.69. The highest BCUT2D eigenvalue weighted by Crippen LogP contribution is 1.88. The summed E-state index contributed by atoms with van der Waals surface area (Å²) < 4.78 is 0. The van der Waals surface area contributed by atoms with Gasteiger partial charge in [0.2, 0.25) is 0 Å². The van der Waals surface area contributed by atoms with Gasteiger partial charge >= 0.3 is 0 Å².